The van der Waals surface area contributed by atoms with Crippen molar-refractivity contribution >= 4 is 17.4 Å². The normalized spacial score (nSPS) is 18.3. The zero-order valence-electron chi connectivity index (χ0n) is 17.4. The van der Waals surface area contributed by atoms with Crippen LogP contribution >= 0.6 is 0 Å². The number of pyridine rings is 1. The van der Waals surface area contributed by atoms with Crippen molar-refractivity contribution in [3.05, 3.63) is 65.5 Å². The number of amides is 1. The minimum absolute atomic E-state index is 0.0447. The Morgan fingerprint density at radius 3 is 2.60 bits per heavy atom. The van der Waals surface area contributed by atoms with Gasteiger partial charge in [-0.1, -0.05) is 26.0 Å². The number of nitrogens with zero attached hydrogens (tertiary/aromatic N) is 2. The number of carbonyl (C=O) groups excluding carboxylic acids is 2. The molecule has 1 aromatic heterocycles. The third-order valence-corrected chi connectivity index (χ3v) is 4.79. The topological polar surface area (TPSA) is 89.0 Å². The van der Waals surface area contributed by atoms with Gasteiger partial charge in [0.15, 0.2) is 0 Å². The molecule has 30 heavy (non-hydrogen) atoms. The Kier molecular flexibility index (Phi) is 6.84. The summed E-state index contributed by atoms with van der Waals surface area (Å²) in [7, 11) is 1.53. The van der Waals surface area contributed by atoms with Gasteiger partial charge in [-0.25, -0.2) is 0 Å². The van der Waals surface area contributed by atoms with Crippen LogP contribution in [-0.2, 0) is 14.3 Å². The first kappa shape index (κ1) is 21.5. The second kappa shape index (κ2) is 9.54. The molecule has 0 saturated carbocycles. The number of Topliss-reactive ketones (excluding diaryl/α,β-unsaturated/α-hetero) is 1. The fraction of sp³-hybridized carbons (Fsp3) is 0.348. The molecule has 1 amide bonds. The second-order valence-corrected chi connectivity index (χ2v) is 7.50. The first-order valence-corrected chi connectivity index (χ1v) is 9.84. The number of likely N-dealkylation sites (tertiary alicyclic amines) is 1. The van der Waals surface area contributed by atoms with Gasteiger partial charge in [0, 0.05) is 31.6 Å². The summed E-state index contributed by atoms with van der Waals surface area (Å²) in [6.45, 7) is 5.11. The fourth-order valence-corrected chi connectivity index (χ4v) is 3.34. The van der Waals surface area contributed by atoms with E-state index in [2.05, 4.69) is 4.98 Å². The van der Waals surface area contributed by atoms with E-state index in [-0.39, 0.29) is 24.5 Å². The smallest absolute Gasteiger partial charge is 0.295 e. The van der Waals surface area contributed by atoms with Crippen LogP contribution in [0.15, 0.2) is 54.4 Å². The van der Waals surface area contributed by atoms with Gasteiger partial charge in [0.1, 0.15) is 11.5 Å². The van der Waals surface area contributed by atoms with E-state index < -0.39 is 17.7 Å². The molecule has 1 fully saturated rings. The first-order chi connectivity index (χ1) is 14.4. The van der Waals surface area contributed by atoms with Crippen molar-refractivity contribution in [3.63, 3.8) is 0 Å². The van der Waals surface area contributed by atoms with E-state index in [1.165, 1.54) is 12.0 Å². The molecule has 1 aliphatic rings. The first-order valence-electron chi connectivity index (χ1n) is 9.84. The van der Waals surface area contributed by atoms with Crippen molar-refractivity contribution in [2.45, 2.75) is 19.9 Å². The third kappa shape index (κ3) is 4.52. The summed E-state index contributed by atoms with van der Waals surface area (Å²) in [5, 5.41) is 11.1. The molecule has 0 radical (unpaired) electrons. The highest BCUT2D eigenvalue weighted by Crippen LogP contribution is 2.39. The second-order valence-electron chi connectivity index (χ2n) is 7.50. The van der Waals surface area contributed by atoms with Crippen LogP contribution in [0.4, 0.5) is 0 Å². The Hall–Kier alpha value is -3.19. The molecule has 1 aliphatic heterocycles. The minimum atomic E-state index is -0.723. The molecule has 0 aliphatic carbocycles. The number of aromatic nitrogens is 1. The van der Waals surface area contributed by atoms with E-state index >= 15 is 0 Å². The molecule has 2 aromatic rings. The molecule has 1 atom stereocenters. The average Bonchev–Trinajstić information content (AvgIpc) is 3.01. The Morgan fingerprint density at radius 2 is 1.93 bits per heavy atom. The van der Waals surface area contributed by atoms with E-state index in [4.69, 9.17) is 9.47 Å². The number of aliphatic hydroxyl groups is 1. The third-order valence-electron chi connectivity index (χ3n) is 4.79. The van der Waals surface area contributed by atoms with Crippen LogP contribution in [-0.4, -0.2) is 53.5 Å². The molecule has 0 bridgehead atoms. The van der Waals surface area contributed by atoms with Gasteiger partial charge in [-0.05, 0) is 35.7 Å². The maximum absolute atomic E-state index is 12.9. The molecule has 1 N–H and O–H groups in total. The van der Waals surface area contributed by atoms with Crippen LogP contribution in [0.1, 0.15) is 31.0 Å². The lowest BCUT2D eigenvalue weighted by atomic mass is 9.96. The molecular weight excluding hydrogens is 384 g/mol. The number of ketones is 1. The highest BCUT2D eigenvalue weighted by atomic mass is 16.5. The van der Waals surface area contributed by atoms with Crippen molar-refractivity contribution < 1.29 is 24.2 Å². The molecule has 1 saturated heterocycles. The van der Waals surface area contributed by atoms with E-state index in [1.807, 2.05) is 13.8 Å². The van der Waals surface area contributed by atoms with Crippen LogP contribution in [0.5, 0.6) is 5.75 Å². The number of benzene rings is 1. The molecule has 3 rings (SSSR count). The lowest BCUT2D eigenvalue weighted by Gasteiger charge is -2.24. The van der Waals surface area contributed by atoms with Gasteiger partial charge in [-0.15, -0.1) is 0 Å². The van der Waals surface area contributed by atoms with Crippen molar-refractivity contribution in [1.29, 1.82) is 0 Å². The van der Waals surface area contributed by atoms with Crippen molar-refractivity contribution in [3.8, 4) is 5.75 Å². The molecular formula is C23H26N2O5. The minimum Gasteiger partial charge on any atom is -0.507 e. The van der Waals surface area contributed by atoms with Crippen molar-refractivity contribution in [2.24, 2.45) is 5.92 Å². The predicted octanol–water partition coefficient (Wildman–Crippen LogP) is 3.18. The number of ether oxygens (including phenoxy) is 2. The maximum Gasteiger partial charge on any atom is 0.295 e. The number of hydrogen-bond acceptors (Lipinski definition) is 6. The highest BCUT2D eigenvalue weighted by Gasteiger charge is 2.45. The standard InChI is InChI=1S/C23H26N2O5/c1-15(2)14-30-18-6-4-5-17(13-18)21(26)19-20(16-7-9-24-10-8-16)25(11-12-29-3)23(28)22(19)27/h4-10,13,15,20,26H,11-12,14H2,1-3H3/b21-19-. The van der Waals surface area contributed by atoms with Gasteiger partial charge in [0.2, 0.25) is 0 Å². The van der Waals surface area contributed by atoms with Crippen molar-refractivity contribution in [1.82, 2.24) is 9.88 Å². The Morgan fingerprint density at radius 1 is 1.20 bits per heavy atom. The fourth-order valence-electron chi connectivity index (χ4n) is 3.34. The number of aliphatic hydroxyl groups excluding tert-OH is 1. The van der Waals surface area contributed by atoms with Gasteiger partial charge in [-0.3, -0.25) is 14.6 Å². The van der Waals surface area contributed by atoms with Crippen LogP contribution < -0.4 is 4.74 Å². The number of methoxy groups -OCH3 is 1. The van der Waals surface area contributed by atoms with Gasteiger partial charge in [0.05, 0.1) is 24.8 Å². The van der Waals surface area contributed by atoms with Gasteiger partial charge in [-0.2, -0.15) is 0 Å². The Bertz CT molecular complexity index is 940. The quantitative estimate of drug-likeness (QED) is 0.408. The number of carbonyl (C=O) groups is 2. The highest BCUT2D eigenvalue weighted by molar-refractivity contribution is 6.46. The molecule has 1 aromatic carbocycles. The van der Waals surface area contributed by atoms with Crippen molar-refractivity contribution in [2.75, 3.05) is 26.9 Å². The summed E-state index contributed by atoms with van der Waals surface area (Å²) in [5.41, 5.74) is 1.15. The summed E-state index contributed by atoms with van der Waals surface area (Å²) in [4.78, 5) is 31.0. The largest absolute Gasteiger partial charge is 0.507 e. The summed E-state index contributed by atoms with van der Waals surface area (Å²) in [5.74, 6) is -0.687. The molecule has 2 heterocycles. The monoisotopic (exact) mass is 410 g/mol. The summed E-state index contributed by atoms with van der Waals surface area (Å²) >= 11 is 0. The summed E-state index contributed by atoms with van der Waals surface area (Å²) in [6, 6.07) is 9.62. The predicted molar refractivity (Wildman–Crippen MR) is 112 cm³/mol. The van der Waals surface area contributed by atoms with Crippen LogP contribution in [0.3, 0.4) is 0 Å². The average molecular weight is 410 g/mol. The Labute approximate surface area is 175 Å². The lowest BCUT2D eigenvalue weighted by Crippen LogP contribution is -2.32. The van der Waals surface area contributed by atoms with E-state index in [1.54, 1.807) is 48.8 Å². The molecule has 158 valence electrons. The SMILES string of the molecule is COCCN1C(=O)C(=O)/C(=C(\O)c2cccc(OCC(C)C)c2)C1c1ccncc1. The maximum atomic E-state index is 12.9. The molecule has 7 nitrogen and oxygen atoms in total. The van der Waals surface area contributed by atoms with E-state index in [9.17, 15) is 14.7 Å². The van der Waals surface area contributed by atoms with Gasteiger partial charge in [0.25, 0.3) is 11.7 Å². The van der Waals surface area contributed by atoms with Crippen LogP contribution in [0.2, 0.25) is 0 Å². The molecule has 7 heteroatoms. The lowest BCUT2D eigenvalue weighted by molar-refractivity contribution is -0.140. The van der Waals surface area contributed by atoms with E-state index in [0.717, 1.165) is 0 Å². The Balaban J connectivity index is 2.06. The van der Waals surface area contributed by atoms with Crippen LogP contribution in [0, 0.1) is 5.92 Å². The molecule has 1 unspecified atom stereocenters. The van der Waals surface area contributed by atoms with Gasteiger partial charge < -0.3 is 19.5 Å². The van der Waals surface area contributed by atoms with E-state index in [0.29, 0.717) is 29.4 Å². The van der Waals surface area contributed by atoms with Gasteiger partial charge >= 0.3 is 0 Å². The summed E-state index contributed by atoms with van der Waals surface area (Å²) < 4.78 is 10.8. The zero-order chi connectivity index (χ0) is 21.7. The molecule has 0 spiro atoms. The zero-order valence-corrected chi connectivity index (χ0v) is 17.4. The number of rotatable bonds is 8. The number of hydrogen-bond donors (Lipinski definition) is 1. The summed E-state index contributed by atoms with van der Waals surface area (Å²) in [6.07, 6.45) is 3.18. The van der Waals surface area contributed by atoms with Crippen LogP contribution in [0.25, 0.3) is 5.76 Å².